The zero-order valence-corrected chi connectivity index (χ0v) is 21.9. The third-order valence-electron chi connectivity index (χ3n) is 7.03. The smallest absolute Gasteiger partial charge is 0.271 e. The Labute approximate surface area is 230 Å². The molecule has 6 rings (SSSR count). The van der Waals surface area contributed by atoms with Crippen LogP contribution in [-0.4, -0.2) is 35.1 Å². The normalized spacial score (nSPS) is 20.5. The molecule has 3 atom stereocenters. The van der Waals surface area contributed by atoms with Gasteiger partial charge in [-0.15, -0.1) is 0 Å². The minimum Gasteiger partial charge on any atom is -0.503 e. The molecule has 4 aromatic rings. The van der Waals surface area contributed by atoms with Crippen LogP contribution in [0.5, 0.6) is 11.5 Å². The van der Waals surface area contributed by atoms with Crippen molar-refractivity contribution in [3.63, 3.8) is 0 Å². The Kier molecular flexibility index (Phi) is 5.96. The molecule has 11 heteroatoms. The van der Waals surface area contributed by atoms with Gasteiger partial charge >= 0.3 is 0 Å². The lowest BCUT2D eigenvalue weighted by atomic mass is 9.90. The second-order valence-corrected chi connectivity index (χ2v) is 10.0. The fraction of sp³-hybridized carbons (Fsp3) is 0.143. The predicted octanol–water partition coefficient (Wildman–Crippen LogP) is 5.28. The van der Waals surface area contributed by atoms with E-state index in [1.165, 1.54) is 30.4 Å². The maximum absolute atomic E-state index is 14.1. The van der Waals surface area contributed by atoms with Crippen LogP contribution in [0.15, 0.2) is 83.3 Å². The van der Waals surface area contributed by atoms with Gasteiger partial charge in [-0.1, -0.05) is 42.5 Å². The van der Waals surface area contributed by atoms with Gasteiger partial charge in [0.2, 0.25) is 5.91 Å². The lowest BCUT2D eigenvalue weighted by Crippen LogP contribution is -2.37. The van der Waals surface area contributed by atoms with Gasteiger partial charge in [0, 0.05) is 17.5 Å². The Bertz CT molecular complexity index is 1670. The Morgan fingerprint density at radius 1 is 1.00 bits per heavy atom. The summed E-state index contributed by atoms with van der Waals surface area (Å²) in [5.74, 6) is -1.99. The van der Waals surface area contributed by atoms with E-state index < -0.39 is 34.8 Å². The number of rotatable bonds is 5. The van der Waals surface area contributed by atoms with Crippen LogP contribution in [0.25, 0.3) is 10.8 Å². The molecular weight excluding hydrogens is 570 g/mol. The van der Waals surface area contributed by atoms with Crippen molar-refractivity contribution in [2.75, 3.05) is 17.1 Å². The molecule has 2 amide bonds. The van der Waals surface area contributed by atoms with Gasteiger partial charge < -0.3 is 9.84 Å². The summed E-state index contributed by atoms with van der Waals surface area (Å²) in [6.07, 6.45) is -1.18. The number of hydroxylamine groups is 1. The molecule has 0 saturated carbocycles. The Morgan fingerprint density at radius 2 is 1.74 bits per heavy atom. The summed E-state index contributed by atoms with van der Waals surface area (Å²) in [7, 11) is 1.39. The summed E-state index contributed by atoms with van der Waals surface area (Å²) in [4.78, 5) is 46.1. The molecule has 2 heterocycles. The number of nitro groups is 1. The zero-order valence-electron chi connectivity index (χ0n) is 20.4. The number of hydrogen-bond donors (Lipinski definition) is 1. The van der Waals surface area contributed by atoms with Crippen LogP contribution in [0.1, 0.15) is 11.6 Å². The average molecular weight is 590 g/mol. The second-order valence-electron chi connectivity index (χ2n) is 9.16. The van der Waals surface area contributed by atoms with Crippen LogP contribution in [0, 0.1) is 16.0 Å². The number of fused-ring (bicyclic) bond motifs is 2. The number of nitro benzene ring substituents is 1. The number of imide groups is 1. The van der Waals surface area contributed by atoms with E-state index in [1.54, 1.807) is 30.3 Å². The van der Waals surface area contributed by atoms with Gasteiger partial charge in [-0.3, -0.25) is 24.5 Å². The molecule has 0 radical (unpaired) electrons. The maximum Gasteiger partial charge on any atom is 0.271 e. The Balaban J connectivity index is 1.50. The van der Waals surface area contributed by atoms with Crippen LogP contribution in [0.4, 0.5) is 17.1 Å². The van der Waals surface area contributed by atoms with Crippen molar-refractivity contribution in [2.24, 2.45) is 5.92 Å². The molecular formula is C28H20BrN3O7. The number of halogens is 1. The number of hydrogen-bond acceptors (Lipinski definition) is 8. The SMILES string of the molecule is COc1cc(C2C3C(=O)N(c4cccc5ccccc45)C(=O)C3ON2c2cccc([N+](=O)[O-])c2)cc(Br)c1O. The highest BCUT2D eigenvalue weighted by Crippen LogP contribution is 2.50. The zero-order chi connectivity index (χ0) is 27.4. The molecule has 2 aliphatic rings. The molecule has 0 bridgehead atoms. The van der Waals surface area contributed by atoms with E-state index in [0.717, 1.165) is 15.7 Å². The van der Waals surface area contributed by atoms with Gasteiger partial charge in [0.05, 0.1) is 33.9 Å². The molecule has 1 N–H and O–H groups in total. The highest BCUT2D eigenvalue weighted by atomic mass is 79.9. The number of benzene rings is 4. The fourth-order valence-corrected chi connectivity index (χ4v) is 5.74. The number of phenols is 1. The van der Waals surface area contributed by atoms with Crippen molar-refractivity contribution < 1.29 is 29.2 Å². The van der Waals surface area contributed by atoms with E-state index in [0.29, 0.717) is 21.4 Å². The number of nitrogens with zero attached hydrogens (tertiary/aromatic N) is 3. The summed E-state index contributed by atoms with van der Waals surface area (Å²) in [5.41, 5.74) is 1.07. The van der Waals surface area contributed by atoms with Crippen molar-refractivity contribution in [3.8, 4) is 11.5 Å². The van der Waals surface area contributed by atoms with E-state index in [4.69, 9.17) is 9.57 Å². The van der Waals surface area contributed by atoms with E-state index in [1.807, 2.05) is 30.3 Å². The third kappa shape index (κ3) is 3.89. The van der Waals surface area contributed by atoms with Crippen LogP contribution in [0.3, 0.4) is 0 Å². The summed E-state index contributed by atoms with van der Waals surface area (Å²) >= 11 is 3.33. The number of methoxy groups -OCH3 is 1. The first-order valence-corrected chi connectivity index (χ1v) is 12.7. The minimum absolute atomic E-state index is 0.134. The molecule has 2 aliphatic heterocycles. The van der Waals surface area contributed by atoms with Crippen molar-refractivity contribution in [1.82, 2.24) is 0 Å². The van der Waals surface area contributed by atoms with Crippen LogP contribution in [0.2, 0.25) is 0 Å². The summed E-state index contributed by atoms with van der Waals surface area (Å²) in [6.45, 7) is 0. The lowest BCUT2D eigenvalue weighted by Gasteiger charge is -2.29. The molecule has 196 valence electrons. The minimum atomic E-state index is -1.18. The number of carbonyl (C=O) groups is 2. The number of ether oxygens (including phenoxy) is 1. The van der Waals surface area contributed by atoms with Gasteiger partial charge in [-0.25, -0.2) is 9.96 Å². The number of carbonyl (C=O) groups excluding carboxylic acids is 2. The van der Waals surface area contributed by atoms with Crippen LogP contribution in [-0.2, 0) is 14.4 Å². The Morgan fingerprint density at radius 3 is 2.51 bits per heavy atom. The monoisotopic (exact) mass is 589 g/mol. The lowest BCUT2D eigenvalue weighted by molar-refractivity contribution is -0.384. The first kappa shape index (κ1) is 24.8. The van der Waals surface area contributed by atoms with E-state index in [2.05, 4.69) is 15.9 Å². The predicted molar refractivity (Wildman–Crippen MR) is 145 cm³/mol. The third-order valence-corrected chi connectivity index (χ3v) is 7.63. The van der Waals surface area contributed by atoms with E-state index >= 15 is 0 Å². The van der Waals surface area contributed by atoms with Gasteiger partial charge in [-0.2, -0.15) is 0 Å². The first-order chi connectivity index (χ1) is 18.8. The summed E-state index contributed by atoms with van der Waals surface area (Å²) in [6, 6.07) is 20.9. The second kappa shape index (κ2) is 9.37. The number of amides is 2. The first-order valence-electron chi connectivity index (χ1n) is 11.9. The molecule has 0 aromatic heterocycles. The van der Waals surface area contributed by atoms with Gasteiger partial charge in [0.15, 0.2) is 17.6 Å². The number of aromatic hydroxyl groups is 1. The van der Waals surface area contributed by atoms with E-state index in [-0.39, 0.29) is 17.2 Å². The highest BCUT2D eigenvalue weighted by Gasteiger charge is 2.60. The quantitative estimate of drug-likeness (QED) is 0.189. The maximum atomic E-state index is 14.1. The fourth-order valence-electron chi connectivity index (χ4n) is 5.28. The van der Waals surface area contributed by atoms with Crippen LogP contribution >= 0.6 is 15.9 Å². The molecule has 39 heavy (non-hydrogen) atoms. The van der Waals surface area contributed by atoms with Gasteiger partial charge in [0.25, 0.3) is 11.6 Å². The van der Waals surface area contributed by atoms with E-state index in [9.17, 15) is 24.8 Å². The Hall–Kier alpha value is -4.48. The largest absolute Gasteiger partial charge is 0.503 e. The van der Waals surface area contributed by atoms with Crippen LogP contribution < -0.4 is 14.7 Å². The molecule has 0 aliphatic carbocycles. The van der Waals surface area contributed by atoms with Crippen molar-refractivity contribution in [1.29, 1.82) is 0 Å². The summed E-state index contributed by atoms with van der Waals surface area (Å²) < 4.78 is 5.63. The molecule has 2 fully saturated rings. The van der Waals surface area contributed by atoms with Crippen molar-refractivity contribution in [2.45, 2.75) is 12.1 Å². The molecule has 2 saturated heterocycles. The molecule has 3 unspecified atom stereocenters. The highest BCUT2D eigenvalue weighted by molar-refractivity contribution is 9.10. The standard InChI is InChI=1S/C28H20BrN3O7/c1-38-22-13-16(12-20(29)25(22)33)24-23-26(39-31(24)17-8-5-9-18(14-17)32(36)37)28(35)30(27(23)34)21-11-4-7-15-6-2-3-10-19(15)21/h2-14,23-24,26,33H,1H3. The summed E-state index contributed by atoms with van der Waals surface area (Å²) in [5, 5.41) is 24.8. The number of non-ortho nitro benzene ring substituents is 1. The van der Waals surface area contributed by atoms with Gasteiger partial charge in [0.1, 0.15) is 5.92 Å². The molecule has 4 aromatic carbocycles. The topological polar surface area (TPSA) is 122 Å². The van der Waals surface area contributed by atoms with Crippen molar-refractivity contribution >= 4 is 55.6 Å². The van der Waals surface area contributed by atoms with Crippen molar-refractivity contribution in [3.05, 3.63) is 99.0 Å². The number of phenolic OH excluding ortho intramolecular Hbond substituents is 1. The number of anilines is 2. The molecule has 0 spiro atoms. The van der Waals surface area contributed by atoms with Gasteiger partial charge in [-0.05, 0) is 51.1 Å². The average Bonchev–Trinajstić information content (AvgIpc) is 3.45. The molecule has 10 nitrogen and oxygen atoms in total.